The van der Waals surface area contributed by atoms with Crippen LogP contribution in [0.4, 0.5) is 20.4 Å². The lowest BCUT2D eigenvalue weighted by Crippen LogP contribution is -2.37. The molecule has 4 rings (SSSR count). The van der Waals surface area contributed by atoms with Gasteiger partial charge in [-0.05, 0) is 25.5 Å². The van der Waals surface area contributed by atoms with Gasteiger partial charge in [-0.25, -0.2) is 23.7 Å². The van der Waals surface area contributed by atoms with Crippen LogP contribution in [0.15, 0.2) is 35.4 Å². The van der Waals surface area contributed by atoms with E-state index in [9.17, 15) is 18.8 Å². The molecule has 1 aliphatic rings. The molecule has 31 heavy (non-hydrogen) atoms. The van der Waals surface area contributed by atoms with Crippen molar-refractivity contribution in [1.82, 2.24) is 24.8 Å². The van der Waals surface area contributed by atoms with Crippen LogP contribution in [0.25, 0.3) is 11.0 Å². The SMILES string of the molecule is N#Cc1ncc(Nc2ncc3c(ccc(=O)n3CC(F)F)n2)cc1O[C@H]1CCCNC1. The van der Waals surface area contributed by atoms with Crippen molar-refractivity contribution in [2.24, 2.45) is 0 Å². The third-order valence-corrected chi connectivity index (χ3v) is 4.82. The molecule has 1 saturated heterocycles. The van der Waals surface area contributed by atoms with Crippen LogP contribution in [0.1, 0.15) is 18.5 Å². The van der Waals surface area contributed by atoms with Gasteiger partial charge >= 0.3 is 0 Å². The number of hydrogen-bond acceptors (Lipinski definition) is 8. The first-order chi connectivity index (χ1) is 15.0. The average Bonchev–Trinajstić information content (AvgIpc) is 2.76. The van der Waals surface area contributed by atoms with Crippen molar-refractivity contribution >= 4 is 22.7 Å². The van der Waals surface area contributed by atoms with E-state index in [-0.39, 0.29) is 23.3 Å². The van der Waals surface area contributed by atoms with Gasteiger partial charge in [-0.15, -0.1) is 0 Å². The van der Waals surface area contributed by atoms with Crippen LogP contribution in [-0.2, 0) is 6.54 Å². The number of fused-ring (bicyclic) bond motifs is 1. The molecule has 1 atom stereocenters. The average molecular weight is 427 g/mol. The van der Waals surface area contributed by atoms with Crippen LogP contribution in [0.5, 0.6) is 5.75 Å². The number of halogens is 2. The molecular weight excluding hydrogens is 408 g/mol. The summed E-state index contributed by atoms with van der Waals surface area (Å²) in [4.78, 5) is 24.5. The summed E-state index contributed by atoms with van der Waals surface area (Å²) in [5.41, 5.74) is 0.672. The normalized spacial score (nSPS) is 16.3. The molecule has 0 aliphatic carbocycles. The summed E-state index contributed by atoms with van der Waals surface area (Å²) in [5, 5.41) is 15.5. The standard InChI is InChI=1S/C20H19F2N7O2/c21-18(22)11-29-16-10-26-20(28-14(16)3-4-19(29)30)27-12-6-17(15(7-23)25-8-12)31-13-2-1-5-24-9-13/h3-4,6,8,10,13,18,24H,1-2,5,9,11H2,(H,26,27,28)/t13-/m0/s1. The molecule has 0 amide bonds. The van der Waals surface area contributed by atoms with E-state index in [1.54, 1.807) is 6.07 Å². The molecule has 0 radical (unpaired) electrons. The molecule has 3 aromatic rings. The Morgan fingerprint density at radius 3 is 2.97 bits per heavy atom. The van der Waals surface area contributed by atoms with E-state index in [0.717, 1.165) is 24.0 Å². The summed E-state index contributed by atoms with van der Waals surface area (Å²) in [7, 11) is 0. The Morgan fingerprint density at radius 2 is 2.23 bits per heavy atom. The highest BCUT2D eigenvalue weighted by atomic mass is 19.3. The van der Waals surface area contributed by atoms with Gasteiger partial charge in [0.25, 0.3) is 12.0 Å². The second-order valence-electron chi connectivity index (χ2n) is 7.03. The van der Waals surface area contributed by atoms with Gasteiger partial charge in [0, 0.05) is 18.7 Å². The van der Waals surface area contributed by atoms with Gasteiger partial charge in [0.15, 0.2) is 11.4 Å². The van der Waals surface area contributed by atoms with Crippen molar-refractivity contribution in [2.45, 2.75) is 31.9 Å². The fraction of sp³-hybridized carbons (Fsp3) is 0.350. The molecule has 1 aliphatic heterocycles. The van der Waals surface area contributed by atoms with E-state index in [2.05, 4.69) is 25.6 Å². The van der Waals surface area contributed by atoms with Crippen molar-refractivity contribution in [2.75, 3.05) is 18.4 Å². The second-order valence-corrected chi connectivity index (χ2v) is 7.03. The number of ether oxygens (including phenoxy) is 1. The minimum absolute atomic E-state index is 0.0543. The lowest BCUT2D eigenvalue weighted by Gasteiger charge is -2.24. The van der Waals surface area contributed by atoms with Gasteiger partial charge in [0.1, 0.15) is 12.2 Å². The summed E-state index contributed by atoms with van der Waals surface area (Å²) in [6.45, 7) is 0.897. The molecule has 0 spiro atoms. The summed E-state index contributed by atoms with van der Waals surface area (Å²) in [6.07, 6.45) is 1.90. The van der Waals surface area contributed by atoms with Gasteiger partial charge in [0.05, 0.1) is 35.7 Å². The number of pyridine rings is 2. The summed E-state index contributed by atoms with van der Waals surface area (Å²) in [6, 6.07) is 6.30. The molecule has 0 unspecified atom stereocenters. The van der Waals surface area contributed by atoms with E-state index in [1.807, 2.05) is 6.07 Å². The lowest BCUT2D eigenvalue weighted by atomic mass is 10.1. The molecule has 160 valence electrons. The Kier molecular flexibility index (Phi) is 5.99. The highest BCUT2D eigenvalue weighted by Gasteiger charge is 2.18. The first kappa shape index (κ1) is 20.6. The van der Waals surface area contributed by atoms with Crippen molar-refractivity contribution in [1.29, 1.82) is 5.26 Å². The van der Waals surface area contributed by atoms with Crippen molar-refractivity contribution in [3.8, 4) is 11.8 Å². The van der Waals surface area contributed by atoms with Crippen molar-refractivity contribution < 1.29 is 13.5 Å². The van der Waals surface area contributed by atoms with Gasteiger partial charge < -0.3 is 15.4 Å². The number of nitrogens with zero attached hydrogens (tertiary/aromatic N) is 5. The molecule has 1 fully saturated rings. The number of alkyl halides is 2. The van der Waals surface area contributed by atoms with Gasteiger partial charge in [-0.3, -0.25) is 9.36 Å². The maximum atomic E-state index is 12.8. The van der Waals surface area contributed by atoms with Crippen molar-refractivity contribution in [3.63, 3.8) is 0 Å². The van der Waals surface area contributed by atoms with Gasteiger partial charge in [-0.1, -0.05) is 0 Å². The molecule has 0 bridgehead atoms. The molecule has 11 heteroatoms. The van der Waals surface area contributed by atoms with Crippen LogP contribution in [0.3, 0.4) is 0 Å². The fourth-order valence-corrected chi connectivity index (χ4v) is 3.38. The van der Waals surface area contributed by atoms with Crippen LogP contribution >= 0.6 is 0 Å². The monoisotopic (exact) mass is 427 g/mol. The topological polar surface area (TPSA) is 118 Å². The highest BCUT2D eigenvalue weighted by Crippen LogP contribution is 2.25. The highest BCUT2D eigenvalue weighted by molar-refractivity contribution is 5.75. The summed E-state index contributed by atoms with van der Waals surface area (Å²) < 4.78 is 32.5. The zero-order chi connectivity index (χ0) is 21.8. The van der Waals surface area contributed by atoms with Crippen LogP contribution in [0.2, 0.25) is 0 Å². The Bertz CT molecular complexity index is 1190. The second kappa shape index (κ2) is 9.01. The predicted molar refractivity (Wildman–Crippen MR) is 109 cm³/mol. The van der Waals surface area contributed by atoms with Crippen LogP contribution in [-0.4, -0.2) is 45.1 Å². The maximum Gasteiger partial charge on any atom is 0.256 e. The Balaban J connectivity index is 1.60. The first-order valence-corrected chi connectivity index (χ1v) is 9.73. The number of nitrogens with one attached hydrogen (secondary N) is 2. The number of anilines is 2. The minimum atomic E-state index is -2.68. The molecule has 0 saturated carbocycles. The van der Waals surface area contributed by atoms with Crippen molar-refractivity contribution in [3.05, 3.63) is 46.6 Å². The van der Waals surface area contributed by atoms with Crippen LogP contribution in [0, 0.1) is 11.3 Å². The van der Waals surface area contributed by atoms with E-state index in [1.165, 1.54) is 24.5 Å². The van der Waals surface area contributed by atoms with E-state index in [4.69, 9.17) is 4.74 Å². The third kappa shape index (κ3) is 4.75. The zero-order valence-corrected chi connectivity index (χ0v) is 16.4. The van der Waals surface area contributed by atoms with Gasteiger partial charge in [0.2, 0.25) is 5.95 Å². The molecule has 3 aromatic heterocycles. The molecular formula is C20H19F2N7O2. The number of rotatable bonds is 6. The Labute approximate surface area is 175 Å². The summed E-state index contributed by atoms with van der Waals surface area (Å²) in [5.74, 6) is 0.541. The largest absolute Gasteiger partial charge is 0.486 e. The molecule has 9 nitrogen and oxygen atoms in total. The Hall–Kier alpha value is -3.65. The van der Waals surface area contributed by atoms with E-state index < -0.39 is 18.5 Å². The van der Waals surface area contributed by atoms with E-state index in [0.29, 0.717) is 23.5 Å². The maximum absolute atomic E-state index is 12.8. The molecule has 4 heterocycles. The first-order valence-electron chi connectivity index (χ1n) is 9.73. The fourth-order valence-electron chi connectivity index (χ4n) is 3.38. The molecule has 0 aromatic carbocycles. The minimum Gasteiger partial charge on any atom is -0.486 e. The quantitative estimate of drug-likeness (QED) is 0.615. The smallest absolute Gasteiger partial charge is 0.256 e. The lowest BCUT2D eigenvalue weighted by molar-refractivity contribution is 0.127. The molecule has 2 N–H and O–H groups in total. The number of aromatic nitrogens is 4. The van der Waals surface area contributed by atoms with E-state index >= 15 is 0 Å². The number of hydrogen-bond donors (Lipinski definition) is 2. The van der Waals surface area contributed by atoms with Crippen LogP contribution < -0.4 is 20.9 Å². The summed E-state index contributed by atoms with van der Waals surface area (Å²) >= 11 is 0. The third-order valence-electron chi connectivity index (χ3n) is 4.82. The Morgan fingerprint density at radius 1 is 1.35 bits per heavy atom. The number of piperidine rings is 1. The predicted octanol–water partition coefficient (Wildman–Crippen LogP) is 2.20. The van der Waals surface area contributed by atoms with Gasteiger partial charge in [-0.2, -0.15) is 5.26 Å². The zero-order valence-electron chi connectivity index (χ0n) is 16.4. The number of nitriles is 1.